The van der Waals surface area contributed by atoms with Crippen LogP contribution in [0.5, 0.6) is 0 Å². The van der Waals surface area contributed by atoms with Gasteiger partial charge in [0.05, 0.1) is 6.61 Å². The van der Waals surface area contributed by atoms with E-state index in [0.29, 0.717) is 12.8 Å². The van der Waals surface area contributed by atoms with Crippen LogP contribution in [-0.4, -0.2) is 36.4 Å². The largest absolute Gasteiger partial charge is 0.462 e. The van der Waals surface area contributed by atoms with Gasteiger partial charge in [0.25, 0.3) is 0 Å². The van der Waals surface area contributed by atoms with Crippen molar-refractivity contribution in [2.75, 3.05) is 13.2 Å². The van der Waals surface area contributed by atoms with Gasteiger partial charge in [0.1, 0.15) is 6.61 Å². The predicted octanol–water partition coefficient (Wildman–Crippen LogP) is 24.9. The SMILES string of the molecule is CC/C=C\C/C=C\C/C=C\C/C=C\C/C=C\C/C=C\C/C=C\C/C=C\C/C=C\CCCCCCCCCCCCCCCC(=O)OC(CO)COC(=O)CCCCCCCCCCCCCCCC/C=C\C/C=C\C/C=C\CCCCCCC. The van der Waals surface area contributed by atoms with Crippen LogP contribution >= 0.6 is 0 Å². The Morgan fingerprint density at radius 2 is 0.512 bits per heavy atom. The summed E-state index contributed by atoms with van der Waals surface area (Å²) in [6.45, 7) is 4.03. The summed E-state index contributed by atoms with van der Waals surface area (Å²) in [5, 5.41) is 9.71. The summed E-state index contributed by atoms with van der Waals surface area (Å²) in [6.07, 6.45) is 110. The van der Waals surface area contributed by atoms with Gasteiger partial charge in [-0.05, 0) is 122 Å². The van der Waals surface area contributed by atoms with E-state index >= 15 is 0 Å². The third kappa shape index (κ3) is 70.3. The van der Waals surface area contributed by atoms with Crippen molar-refractivity contribution in [3.8, 4) is 0 Å². The first-order valence-electron chi connectivity index (χ1n) is 35.4. The summed E-state index contributed by atoms with van der Waals surface area (Å²) in [5.74, 6) is -0.589. The molecule has 0 fully saturated rings. The Balaban J connectivity index is 3.52. The van der Waals surface area contributed by atoms with Gasteiger partial charge in [-0.1, -0.05) is 333 Å². The number of hydrogen-bond donors (Lipinski definition) is 1. The molecule has 1 atom stereocenters. The Hall–Kier alpha value is -4.22. The highest BCUT2D eigenvalue weighted by Gasteiger charge is 2.16. The van der Waals surface area contributed by atoms with E-state index in [1.165, 1.54) is 186 Å². The lowest BCUT2D eigenvalue weighted by Gasteiger charge is -2.15. The highest BCUT2D eigenvalue weighted by atomic mass is 16.6. The summed E-state index contributed by atoms with van der Waals surface area (Å²) in [4.78, 5) is 24.7. The fraction of sp³-hybridized carbons (Fsp3) is 0.671. The quantitative estimate of drug-likeness (QED) is 0.0373. The van der Waals surface area contributed by atoms with E-state index in [2.05, 4.69) is 160 Å². The van der Waals surface area contributed by atoms with Gasteiger partial charge in [-0.15, -0.1) is 0 Å². The fourth-order valence-electron chi connectivity index (χ4n) is 9.85. The van der Waals surface area contributed by atoms with Crippen molar-refractivity contribution in [3.05, 3.63) is 146 Å². The third-order valence-electron chi connectivity index (χ3n) is 15.1. The molecule has 5 heteroatoms. The Labute approximate surface area is 520 Å². The number of aliphatic hydroxyl groups is 1. The smallest absolute Gasteiger partial charge is 0.306 e. The first-order valence-corrected chi connectivity index (χ1v) is 35.4. The maximum atomic E-state index is 12.4. The Morgan fingerprint density at radius 1 is 0.286 bits per heavy atom. The number of aliphatic hydroxyl groups excluding tert-OH is 1. The number of esters is 2. The van der Waals surface area contributed by atoms with Crippen molar-refractivity contribution in [1.82, 2.24) is 0 Å². The van der Waals surface area contributed by atoms with Gasteiger partial charge < -0.3 is 14.6 Å². The minimum atomic E-state index is -0.782. The summed E-state index contributed by atoms with van der Waals surface area (Å²) < 4.78 is 10.8. The lowest BCUT2D eigenvalue weighted by atomic mass is 10.0. The summed E-state index contributed by atoms with van der Waals surface area (Å²) in [7, 11) is 0. The minimum Gasteiger partial charge on any atom is -0.462 e. The number of carbonyl (C=O) groups excluding carboxylic acids is 2. The van der Waals surface area contributed by atoms with Gasteiger partial charge in [-0.3, -0.25) is 9.59 Å². The molecule has 0 aliphatic carbocycles. The molecule has 1 unspecified atom stereocenters. The lowest BCUT2D eigenvalue weighted by molar-refractivity contribution is -0.161. The molecule has 0 spiro atoms. The van der Waals surface area contributed by atoms with E-state index in [9.17, 15) is 14.7 Å². The minimum absolute atomic E-state index is 0.0710. The van der Waals surface area contributed by atoms with Crippen LogP contribution in [0.15, 0.2) is 146 Å². The van der Waals surface area contributed by atoms with Crippen molar-refractivity contribution < 1.29 is 24.2 Å². The van der Waals surface area contributed by atoms with Crippen molar-refractivity contribution in [2.45, 2.75) is 328 Å². The van der Waals surface area contributed by atoms with E-state index < -0.39 is 6.10 Å². The second kappa shape index (κ2) is 73.0. The number of allylic oxidation sites excluding steroid dienone is 24. The Bertz CT molecular complexity index is 1750. The van der Waals surface area contributed by atoms with Crippen LogP contribution in [0.4, 0.5) is 0 Å². The molecule has 0 saturated carbocycles. The average Bonchev–Trinajstić information content (AvgIpc) is 3.51. The molecule has 0 aromatic rings. The maximum absolute atomic E-state index is 12.4. The molecule has 84 heavy (non-hydrogen) atoms. The van der Waals surface area contributed by atoms with E-state index in [1.54, 1.807) is 0 Å². The van der Waals surface area contributed by atoms with Crippen molar-refractivity contribution in [2.24, 2.45) is 0 Å². The molecule has 0 aliphatic heterocycles. The molecular weight excluding hydrogens is 1030 g/mol. The second-order valence-electron chi connectivity index (χ2n) is 23.2. The van der Waals surface area contributed by atoms with Crippen LogP contribution in [0.25, 0.3) is 0 Å². The van der Waals surface area contributed by atoms with Gasteiger partial charge in [0, 0.05) is 12.8 Å². The third-order valence-corrected chi connectivity index (χ3v) is 15.1. The molecule has 478 valence electrons. The molecule has 0 rings (SSSR count). The number of carbonyl (C=O) groups is 2. The second-order valence-corrected chi connectivity index (χ2v) is 23.2. The van der Waals surface area contributed by atoms with E-state index in [-0.39, 0.29) is 25.2 Å². The maximum Gasteiger partial charge on any atom is 0.306 e. The number of unbranched alkanes of at least 4 members (excludes halogenated alkanes) is 32. The van der Waals surface area contributed by atoms with Crippen LogP contribution in [0.2, 0.25) is 0 Å². The number of hydrogen-bond acceptors (Lipinski definition) is 5. The van der Waals surface area contributed by atoms with Crippen LogP contribution in [0.1, 0.15) is 322 Å². The molecule has 0 aromatic heterocycles. The zero-order chi connectivity index (χ0) is 60.5. The van der Waals surface area contributed by atoms with Gasteiger partial charge in [0.15, 0.2) is 6.10 Å². The average molecular weight is 1160 g/mol. The molecule has 0 radical (unpaired) electrons. The Morgan fingerprint density at radius 3 is 0.774 bits per heavy atom. The van der Waals surface area contributed by atoms with Gasteiger partial charge >= 0.3 is 11.9 Å². The molecule has 0 bridgehead atoms. The molecule has 0 saturated heterocycles. The molecule has 1 N–H and O–H groups in total. The van der Waals surface area contributed by atoms with Crippen molar-refractivity contribution in [3.63, 3.8) is 0 Å². The summed E-state index contributed by atoms with van der Waals surface area (Å²) >= 11 is 0. The number of rotatable bonds is 64. The van der Waals surface area contributed by atoms with Gasteiger partial charge in [-0.25, -0.2) is 0 Å². The topological polar surface area (TPSA) is 72.8 Å². The van der Waals surface area contributed by atoms with Gasteiger partial charge in [0.2, 0.25) is 0 Å². The van der Waals surface area contributed by atoms with Crippen molar-refractivity contribution in [1.29, 1.82) is 0 Å². The molecule has 5 nitrogen and oxygen atoms in total. The van der Waals surface area contributed by atoms with E-state index in [1.807, 2.05) is 0 Å². The van der Waals surface area contributed by atoms with E-state index in [0.717, 1.165) is 109 Å². The van der Waals surface area contributed by atoms with Crippen LogP contribution in [0, 0.1) is 0 Å². The fourth-order valence-corrected chi connectivity index (χ4v) is 9.85. The van der Waals surface area contributed by atoms with Crippen LogP contribution < -0.4 is 0 Å². The molecule has 0 aliphatic rings. The highest BCUT2D eigenvalue weighted by Crippen LogP contribution is 2.17. The zero-order valence-corrected chi connectivity index (χ0v) is 54.9. The predicted molar refractivity (Wildman–Crippen MR) is 371 cm³/mol. The lowest BCUT2D eigenvalue weighted by Crippen LogP contribution is -2.28. The van der Waals surface area contributed by atoms with Crippen LogP contribution in [0.3, 0.4) is 0 Å². The Kier molecular flexibility index (Phi) is 69.4. The zero-order valence-electron chi connectivity index (χ0n) is 54.9. The standard InChI is InChI=1S/C79H132O5/c1-3-5-7-9-11-13-15-17-19-21-23-25-27-29-31-33-34-35-36-37-38-39-40-41-42-43-44-46-48-50-52-54-56-58-60-62-64-66-68-70-72-74-79(82)84-77(75-80)76-83-78(81)73-71-69-67-65-63-61-59-57-55-53-51-49-47-45-32-30-28-26-24-22-20-18-16-14-12-10-8-6-4-2/h5,7,11,13,16-19,22-25,28-31,34-35,37-38,40-41,43-44,77,80H,3-4,6,8-10,12,14-15,20-21,26-27,32-33,36,39,42,45-76H2,1-2H3/b7-5-,13-11-,18-16-,19-17-,24-22-,25-23-,30-28-,31-29-,35-34-,38-37-,41-40-,44-43-. The van der Waals surface area contributed by atoms with E-state index in [4.69, 9.17) is 9.47 Å². The number of ether oxygens (including phenoxy) is 2. The monoisotopic (exact) mass is 1160 g/mol. The normalized spacial score (nSPS) is 13.1. The molecule has 0 aromatic carbocycles. The highest BCUT2D eigenvalue weighted by molar-refractivity contribution is 5.70. The van der Waals surface area contributed by atoms with Crippen LogP contribution in [-0.2, 0) is 19.1 Å². The molecule has 0 heterocycles. The first kappa shape index (κ1) is 79.8. The molecular formula is C79H132O5. The molecule has 0 amide bonds. The summed E-state index contributed by atoms with van der Waals surface area (Å²) in [6, 6.07) is 0. The van der Waals surface area contributed by atoms with Gasteiger partial charge in [-0.2, -0.15) is 0 Å². The first-order chi connectivity index (χ1) is 41.6. The van der Waals surface area contributed by atoms with Crippen molar-refractivity contribution >= 4 is 11.9 Å². The summed E-state index contributed by atoms with van der Waals surface area (Å²) in [5.41, 5.74) is 0.